The van der Waals surface area contributed by atoms with E-state index in [0.29, 0.717) is 24.1 Å². The van der Waals surface area contributed by atoms with Gasteiger partial charge in [0.05, 0.1) is 19.0 Å². The second-order valence-corrected chi connectivity index (χ2v) is 9.16. The molecular formula is C27H39N3O4. The Labute approximate surface area is 203 Å². The SMILES string of the molecule is CCCNC(=O)C1CCC[N+](CC(=O)Nc2c(C)cccc2C)(Cc2ccccc2)C1.CO[O-]. The lowest BCUT2D eigenvalue weighted by Gasteiger charge is -2.43. The van der Waals surface area contributed by atoms with Gasteiger partial charge in [-0.15, -0.1) is 0 Å². The van der Waals surface area contributed by atoms with Crippen molar-refractivity contribution < 1.29 is 24.2 Å². The van der Waals surface area contributed by atoms with Gasteiger partial charge in [-0.3, -0.25) is 9.59 Å². The number of para-hydroxylation sites is 1. The van der Waals surface area contributed by atoms with E-state index >= 15 is 0 Å². The van der Waals surface area contributed by atoms with Gasteiger partial charge in [0, 0.05) is 24.9 Å². The molecule has 0 saturated carbocycles. The van der Waals surface area contributed by atoms with Crippen molar-refractivity contribution in [2.24, 2.45) is 5.92 Å². The Balaban J connectivity index is 0.00000129. The van der Waals surface area contributed by atoms with Gasteiger partial charge in [0.15, 0.2) is 6.54 Å². The summed E-state index contributed by atoms with van der Waals surface area (Å²) in [6.07, 6.45) is 2.78. The molecule has 0 spiro atoms. The Hall–Kier alpha value is -2.74. The summed E-state index contributed by atoms with van der Waals surface area (Å²) in [5.74, 6) is 0.104. The molecule has 2 amide bonds. The summed E-state index contributed by atoms with van der Waals surface area (Å²) < 4.78 is 0.616. The summed E-state index contributed by atoms with van der Waals surface area (Å²) in [5.41, 5.74) is 4.24. The minimum Gasteiger partial charge on any atom is -0.724 e. The number of amides is 2. The van der Waals surface area contributed by atoms with Crippen LogP contribution in [0.5, 0.6) is 0 Å². The molecule has 2 N–H and O–H groups in total. The van der Waals surface area contributed by atoms with E-state index in [9.17, 15) is 9.59 Å². The predicted molar refractivity (Wildman–Crippen MR) is 133 cm³/mol. The van der Waals surface area contributed by atoms with Gasteiger partial charge in [0.2, 0.25) is 5.91 Å². The zero-order valence-electron chi connectivity index (χ0n) is 20.9. The Bertz CT molecular complexity index is 899. The number of anilines is 1. The molecule has 2 unspecified atom stereocenters. The quantitative estimate of drug-likeness (QED) is 0.353. The summed E-state index contributed by atoms with van der Waals surface area (Å²) in [4.78, 5) is 28.9. The van der Waals surface area contributed by atoms with Crippen LogP contribution in [0.2, 0.25) is 0 Å². The molecule has 0 radical (unpaired) electrons. The number of rotatable bonds is 8. The maximum Gasteiger partial charge on any atom is 0.279 e. The van der Waals surface area contributed by atoms with E-state index in [-0.39, 0.29) is 17.7 Å². The Kier molecular flexibility index (Phi) is 11.2. The first-order valence-corrected chi connectivity index (χ1v) is 12.0. The van der Waals surface area contributed by atoms with Crippen LogP contribution >= 0.6 is 0 Å². The first kappa shape index (κ1) is 27.5. The minimum atomic E-state index is -0.0444. The number of piperidine rings is 1. The molecule has 1 fully saturated rings. The average molecular weight is 470 g/mol. The summed E-state index contributed by atoms with van der Waals surface area (Å²) in [6, 6.07) is 16.4. The van der Waals surface area contributed by atoms with Crippen LogP contribution in [0.3, 0.4) is 0 Å². The zero-order valence-corrected chi connectivity index (χ0v) is 20.9. The Morgan fingerprint density at radius 3 is 2.35 bits per heavy atom. The van der Waals surface area contributed by atoms with E-state index in [1.54, 1.807) is 0 Å². The van der Waals surface area contributed by atoms with Gasteiger partial charge in [-0.1, -0.05) is 55.5 Å². The molecule has 0 bridgehead atoms. The van der Waals surface area contributed by atoms with Crippen molar-refractivity contribution >= 4 is 17.5 Å². The minimum absolute atomic E-state index is 0.0166. The van der Waals surface area contributed by atoms with Gasteiger partial charge in [-0.2, -0.15) is 0 Å². The van der Waals surface area contributed by atoms with E-state index in [4.69, 9.17) is 5.26 Å². The molecule has 0 aromatic heterocycles. The van der Waals surface area contributed by atoms with Gasteiger partial charge >= 0.3 is 0 Å². The van der Waals surface area contributed by atoms with Gasteiger partial charge in [0.25, 0.3) is 5.91 Å². The standard InChI is InChI=1S/C26H35N3O2.CH4O2/c1-4-15-27-26(31)23-14-9-16-29(18-23,17-22-12-6-5-7-13-22)19-24(30)28-25-20(2)10-8-11-21(25)3;1-3-2/h5-8,10-13,23H,4,9,14-19H2,1-3H3,(H-,27,28,30,31);2H,1H3. The van der Waals surface area contributed by atoms with Gasteiger partial charge < -0.3 is 25.3 Å². The fourth-order valence-corrected chi connectivity index (χ4v) is 4.74. The van der Waals surface area contributed by atoms with Crippen LogP contribution in [0.1, 0.15) is 42.9 Å². The van der Waals surface area contributed by atoms with Crippen LogP contribution in [0.15, 0.2) is 48.5 Å². The van der Waals surface area contributed by atoms with Crippen LogP contribution in [0.25, 0.3) is 0 Å². The highest BCUT2D eigenvalue weighted by Gasteiger charge is 2.39. The summed E-state index contributed by atoms with van der Waals surface area (Å²) in [6.45, 7) is 9.56. The Morgan fingerprint density at radius 2 is 1.74 bits per heavy atom. The highest BCUT2D eigenvalue weighted by Crippen LogP contribution is 2.28. The van der Waals surface area contributed by atoms with Crippen molar-refractivity contribution in [3.8, 4) is 0 Å². The third kappa shape index (κ3) is 8.24. The molecule has 1 heterocycles. The molecule has 2 atom stereocenters. The fraction of sp³-hybridized carbons (Fsp3) is 0.481. The number of nitrogens with zero attached hydrogens (tertiary/aromatic N) is 1. The number of quaternary nitrogens is 1. The van der Waals surface area contributed by atoms with Crippen LogP contribution in [-0.2, 0) is 21.0 Å². The van der Waals surface area contributed by atoms with Crippen LogP contribution in [-0.4, -0.2) is 49.6 Å². The lowest BCUT2D eigenvalue weighted by Crippen LogP contribution is -2.58. The van der Waals surface area contributed by atoms with Gasteiger partial charge in [-0.05, 0) is 44.2 Å². The number of aryl methyl sites for hydroxylation is 2. The maximum atomic E-state index is 13.2. The monoisotopic (exact) mass is 469 g/mol. The zero-order chi connectivity index (χ0) is 25.0. The van der Waals surface area contributed by atoms with E-state index in [1.807, 2.05) is 50.2 Å². The lowest BCUT2D eigenvalue weighted by molar-refractivity contribution is -0.940. The number of hydrogen-bond donors (Lipinski definition) is 2. The first-order chi connectivity index (χ1) is 16.3. The Morgan fingerprint density at radius 1 is 1.09 bits per heavy atom. The third-order valence-corrected chi connectivity index (χ3v) is 6.30. The van der Waals surface area contributed by atoms with Crippen LogP contribution in [0, 0.1) is 19.8 Å². The van der Waals surface area contributed by atoms with E-state index in [1.165, 1.54) is 5.56 Å². The third-order valence-electron chi connectivity index (χ3n) is 6.30. The number of likely N-dealkylation sites (tertiary alicyclic amines) is 1. The number of hydrogen-bond acceptors (Lipinski definition) is 4. The van der Waals surface area contributed by atoms with Crippen LogP contribution < -0.4 is 15.9 Å². The molecule has 1 aliphatic heterocycles. The van der Waals surface area contributed by atoms with E-state index < -0.39 is 0 Å². The number of carbonyl (C=O) groups is 2. The van der Waals surface area contributed by atoms with Crippen molar-refractivity contribution in [1.82, 2.24) is 5.32 Å². The number of nitrogens with one attached hydrogen (secondary N) is 2. The van der Waals surface area contributed by atoms with Crippen molar-refractivity contribution in [1.29, 1.82) is 0 Å². The summed E-state index contributed by atoms with van der Waals surface area (Å²) >= 11 is 0. The fourth-order valence-electron chi connectivity index (χ4n) is 4.74. The van der Waals surface area contributed by atoms with E-state index in [2.05, 4.69) is 34.6 Å². The normalized spacial score (nSPS) is 19.5. The number of benzene rings is 2. The molecule has 186 valence electrons. The van der Waals surface area contributed by atoms with Gasteiger partial charge in [0.1, 0.15) is 6.54 Å². The second-order valence-electron chi connectivity index (χ2n) is 9.16. The van der Waals surface area contributed by atoms with Crippen molar-refractivity contribution in [3.05, 3.63) is 65.2 Å². The predicted octanol–water partition coefficient (Wildman–Crippen LogP) is 3.10. The molecule has 1 aliphatic rings. The molecule has 0 aliphatic carbocycles. The largest absolute Gasteiger partial charge is 0.724 e. The molecule has 2 aromatic rings. The molecule has 3 rings (SSSR count). The number of carbonyl (C=O) groups excluding carboxylic acids is 2. The van der Waals surface area contributed by atoms with Gasteiger partial charge in [-0.25, -0.2) is 0 Å². The molecule has 2 aromatic carbocycles. The average Bonchev–Trinajstić information content (AvgIpc) is 2.81. The van der Waals surface area contributed by atoms with Crippen molar-refractivity contribution in [2.75, 3.05) is 38.6 Å². The lowest BCUT2D eigenvalue weighted by atomic mass is 9.93. The van der Waals surface area contributed by atoms with E-state index in [0.717, 1.165) is 56.3 Å². The van der Waals surface area contributed by atoms with Crippen LogP contribution in [0.4, 0.5) is 5.69 Å². The topological polar surface area (TPSA) is 90.5 Å². The smallest absolute Gasteiger partial charge is 0.279 e. The van der Waals surface area contributed by atoms with Crippen molar-refractivity contribution in [3.63, 3.8) is 0 Å². The van der Waals surface area contributed by atoms with Crippen molar-refractivity contribution in [2.45, 2.75) is 46.6 Å². The molecular weight excluding hydrogens is 430 g/mol. The summed E-state index contributed by atoms with van der Waals surface area (Å²) in [5, 5.41) is 14.7. The second kappa shape index (κ2) is 13.8. The molecule has 34 heavy (non-hydrogen) atoms. The first-order valence-electron chi connectivity index (χ1n) is 12.0. The highest BCUT2D eigenvalue weighted by atomic mass is 17.1. The molecule has 1 saturated heterocycles. The highest BCUT2D eigenvalue weighted by molar-refractivity contribution is 5.93. The maximum absolute atomic E-state index is 13.2. The molecule has 7 heteroatoms. The summed E-state index contributed by atoms with van der Waals surface area (Å²) in [7, 11) is 1.07. The molecule has 7 nitrogen and oxygen atoms in total.